The van der Waals surface area contributed by atoms with Crippen molar-refractivity contribution in [2.24, 2.45) is 0 Å². The highest BCUT2D eigenvalue weighted by molar-refractivity contribution is 7.17. The highest BCUT2D eigenvalue weighted by atomic mass is 31.1. The third-order valence-corrected chi connectivity index (χ3v) is 1.29. The Morgan fingerprint density at radius 1 is 1.33 bits per heavy atom. The van der Waals surface area contributed by atoms with Crippen LogP contribution in [0, 0.1) is 0 Å². The van der Waals surface area contributed by atoms with Gasteiger partial charge in [0, 0.05) is 13.0 Å². The normalized spacial score (nSPS) is 9.25. The van der Waals surface area contributed by atoms with E-state index in [1.165, 1.54) is 0 Å². The van der Waals surface area contributed by atoms with E-state index < -0.39 is 0 Å². The maximum Gasteiger partial charge on any atom is 0.327 e. The van der Waals surface area contributed by atoms with Crippen LogP contribution in [0.1, 0.15) is 20.3 Å². The van der Waals surface area contributed by atoms with Crippen LogP contribution < -0.4 is 5.73 Å². The van der Waals surface area contributed by atoms with Crippen LogP contribution in [-0.2, 0) is 13.8 Å². The van der Waals surface area contributed by atoms with Crippen LogP contribution in [0.5, 0.6) is 0 Å². The van der Waals surface area contributed by atoms with E-state index in [0.29, 0.717) is 6.61 Å². The Bertz CT molecular complexity index is 79.1. The first-order chi connectivity index (χ1) is 5.83. The molecule has 5 heteroatoms. The van der Waals surface area contributed by atoms with Gasteiger partial charge in [-0.05, 0) is 13.8 Å². The first-order valence-electron chi connectivity index (χ1n) is 4.15. The van der Waals surface area contributed by atoms with Crippen LogP contribution in [0.15, 0.2) is 0 Å². The molecule has 0 radical (unpaired) electrons. The van der Waals surface area contributed by atoms with Crippen molar-refractivity contribution in [3.05, 3.63) is 0 Å². The number of quaternary nitrogens is 1. The molecule has 0 fully saturated rings. The summed E-state index contributed by atoms with van der Waals surface area (Å²) < 4.78 is 18.6. The number of hydrogen-bond acceptors (Lipinski definition) is 3. The molecule has 0 aromatic rings. The molecule has 4 nitrogen and oxygen atoms in total. The van der Waals surface area contributed by atoms with Crippen LogP contribution in [0.2, 0.25) is 0 Å². The van der Waals surface area contributed by atoms with Crippen molar-refractivity contribution in [2.45, 2.75) is 20.3 Å². The molecule has 12 heavy (non-hydrogen) atoms. The van der Waals surface area contributed by atoms with Crippen molar-refractivity contribution in [2.75, 3.05) is 26.4 Å². The van der Waals surface area contributed by atoms with Gasteiger partial charge in [-0.2, -0.15) is 0 Å². The lowest BCUT2D eigenvalue weighted by molar-refractivity contribution is -0.369. The monoisotopic (exact) mass is 196 g/mol. The Balaban J connectivity index is 0. The van der Waals surface area contributed by atoms with Gasteiger partial charge in [-0.25, -0.2) is 4.57 Å². The van der Waals surface area contributed by atoms with Crippen molar-refractivity contribution >= 4 is 8.69 Å². The molecule has 0 aliphatic rings. The molecule has 0 saturated carbocycles. The lowest BCUT2D eigenvalue weighted by Crippen LogP contribution is -2.50. The summed E-state index contributed by atoms with van der Waals surface area (Å²) in [6.07, 6.45) is 1.09. The number of ether oxygens (including phenoxy) is 1. The molecule has 0 unspecified atom stereocenters. The summed E-state index contributed by atoms with van der Waals surface area (Å²) >= 11 is 0. The lowest BCUT2D eigenvalue weighted by Gasteiger charge is -1.93. The molecule has 3 N–H and O–H groups in total. The summed E-state index contributed by atoms with van der Waals surface area (Å²) in [5, 5.41) is 0. The molecule has 0 aliphatic carbocycles. The Labute approximate surface area is 75.7 Å². The van der Waals surface area contributed by atoms with E-state index in [-0.39, 0.29) is 8.69 Å². The third kappa shape index (κ3) is 22.5. The lowest BCUT2D eigenvalue weighted by atomic mass is 10.5. The van der Waals surface area contributed by atoms with E-state index in [0.717, 1.165) is 26.2 Å². The van der Waals surface area contributed by atoms with E-state index >= 15 is 0 Å². The smallest absolute Gasteiger partial charge is 0.327 e. The molecular formula is C7H19NO3P+. The zero-order chi connectivity index (χ0) is 9.66. The number of rotatable bonds is 6. The Hall–Kier alpha value is -0.0200. The number of hydrogen-bond donors (Lipinski definition) is 1. The van der Waals surface area contributed by atoms with Crippen molar-refractivity contribution in [1.82, 2.24) is 0 Å². The topological polar surface area (TPSA) is 63.2 Å². The highest BCUT2D eigenvalue weighted by Crippen LogP contribution is 1.89. The molecule has 0 aromatic carbocycles. The molecule has 0 bridgehead atoms. The van der Waals surface area contributed by atoms with E-state index in [4.69, 9.17) is 4.74 Å². The molecule has 0 saturated heterocycles. The van der Waals surface area contributed by atoms with Gasteiger partial charge in [0.2, 0.25) is 0 Å². The molecule has 0 aromatic heterocycles. The Kier molecular flexibility index (Phi) is 20.8. The SMILES string of the molecule is CCOCCC[NH3+].CCOP=O. The van der Waals surface area contributed by atoms with Crippen LogP contribution in [-0.4, -0.2) is 26.4 Å². The molecular weight excluding hydrogens is 177 g/mol. The minimum absolute atomic E-state index is 0.220. The van der Waals surface area contributed by atoms with E-state index in [1.807, 2.05) is 6.92 Å². The molecule has 0 amide bonds. The van der Waals surface area contributed by atoms with Crippen LogP contribution in [0.3, 0.4) is 0 Å². The minimum Gasteiger partial charge on any atom is -0.382 e. The molecule has 74 valence electrons. The second-order valence-electron chi connectivity index (χ2n) is 1.90. The predicted molar refractivity (Wildman–Crippen MR) is 48.1 cm³/mol. The molecule has 0 rings (SSSR count). The van der Waals surface area contributed by atoms with Gasteiger partial charge in [-0.15, -0.1) is 0 Å². The molecule has 0 heterocycles. The van der Waals surface area contributed by atoms with Crippen molar-refractivity contribution < 1.29 is 19.6 Å². The van der Waals surface area contributed by atoms with Crippen molar-refractivity contribution in [1.29, 1.82) is 0 Å². The third-order valence-electron chi connectivity index (χ3n) is 0.925. The fourth-order valence-corrected chi connectivity index (χ4v) is 0.507. The summed E-state index contributed by atoms with van der Waals surface area (Å²) in [4.78, 5) is 0. The standard InChI is InChI=1S/C5H13NO.C2H5O2P/c1-2-7-5-3-4-6;1-2-4-5-3/h2-6H2,1H3;2H2,1H3/p+1. The van der Waals surface area contributed by atoms with Crippen LogP contribution >= 0.6 is 8.69 Å². The van der Waals surface area contributed by atoms with Gasteiger partial charge in [-0.1, -0.05) is 0 Å². The van der Waals surface area contributed by atoms with E-state index in [2.05, 4.69) is 10.3 Å². The average molecular weight is 196 g/mol. The molecule has 0 atom stereocenters. The minimum atomic E-state index is -0.220. The molecule has 0 aliphatic heterocycles. The Morgan fingerprint density at radius 3 is 2.25 bits per heavy atom. The van der Waals surface area contributed by atoms with Gasteiger partial charge in [0.15, 0.2) is 0 Å². The van der Waals surface area contributed by atoms with Gasteiger partial charge in [0.25, 0.3) is 0 Å². The van der Waals surface area contributed by atoms with Crippen molar-refractivity contribution in [3.63, 3.8) is 0 Å². The van der Waals surface area contributed by atoms with Gasteiger partial charge >= 0.3 is 8.69 Å². The summed E-state index contributed by atoms with van der Waals surface area (Å²) in [6.45, 7) is 7.00. The first kappa shape index (κ1) is 14.5. The fourth-order valence-electron chi connectivity index (χ4n) is 0.401. The zero-order valence-corrected chi connectivity index (χ0v) is 8.81. The summed E-state index contributed by atoms with van der Waals surface area (Å²) in [7, 11) is -0.220. The van der Waals surface area contributed by atoms with E-state index in [9.17, 15) is 4.57 Å². The van der Waals surface area contributed by atoms with Gasteiger partial charge in [0.1, 0.15) is 0 Å². The largest absolute Gasteiger partial charge is 0.382 e. The summed E-state index contributed by atoms with van der Waals surface area (Å²) in [5.41, 5.74) is 3.68. The molecule has 0 spiro atoms. The second-order valence-corrected chi connectivity index (χ2v) is 2.30. The second kappa shape index (κ2) is 17.2. The van der Waals surface area contributed by atoms with Crippen LogP contribution in [0.4, 0.5) is 0 Å². The van der Waals surface area contributed by atoms with Crippen LogP contribution in [0.25, 0.3) is 0 Å². The predicted octanol–water partition coefficient (Wildman–Crippen LogP) is 0.884. The average Bonchev–Trinajstić information content (AvgIpc) is 2.08. The highest BCUT2D eigenvalue weighted by Gasteiger charge is 1.80. The maximum absolute atomic E-state index is 9.28. The Morgan fingerprint density at radius 2 is 2.00 bits per heavy atom. The van der Waals surface area contributed by atoms with Gasteiger partial charge in [-0.3, -0.25) is 4.52 Å². The maximum atomic E-state index is 9.28. The first-order valence-corrected chi connectivity index (χ1v) is 4.88. The summed E-state index contributed by atoms with van der Waals surface area (Å²) in [6, 6.07) is 0. The fraction of sp³-hybridized carbons (Fsp3) is 1.00. The van der Waals surface area contributed by atoms with Gasteiger partial charge in [0.05, 0.1) is 19.8 Å². The summed E-state index contributed by atoms with van der Waals surface area (Å²) in [5.74, 6) is 0. The van der Waals surface area contributed by atoms with Gasteiger partial charge < -0.3 is 10.5 Å². The quantitative estimate of drug-likeness (QED) is 0.506. The zero-order valence-electron chi connectivity index (χ0n) is 7.91. The van der Waals surface area contributed by atoms with E-state index in [1.54, 1.807) is 6.92 Å². The van der Waals surface area contributed by atoms with Crippen molar-refractivity contribution in [3.8, 4) is 0 Å².